The van der Waals surface area contributed by atoms with Crippen LogP contribution in [0, 0.1) is 0 Å². The van der Waals surface area contributed by atoms with E-state index < -0.39 is 0 Å². The number of nitrogens with two attached hydrogens (primary N) is 1. The van der Waals surface area contributed by atoms with Crippen molar-refractivity contribution in [3.63, 3.8) is 0 Å². The van der Waals surface area contributed by atoms with Gasteiger partial charge in [-0.15, -0.1) is 0 Å². The highest BCUT2D eigenvalue weighted by molar-refractivity contribution is 5.44. The number of benzene rings is 1. The van der Waals surface area contributed by atoms with Crippen LogP contribution in [0.3, 0.4) is 0 Å². The number of piperidine rings is 1. The minimum absolute atomic E-state index is 0.105. The third-order valence-corrected chi connectivity index (χ3v) is 3.05. The first-order valence-electron chi connectivity index (χ1n) is 6.55. The molecular formula is C14H22N4. The highest BCUT2D eigenvalue weighted by Gasteiger charge is 2.13. The van der Waals surface area contributed by atoms with E-state index >= 15 is 0 Å². The Kier molecular flexibility index (Phi) is 5.20. The molecule has 18 heavy (non-hydrogen) atoms. The molecule has 2 unspecified atom stereocenters. The smallest absolute Gasteiger partial charge is 0.0758 e. The normalized spacial score (nSPS) is 21.9. The van der Waals surface area contributed by atoms with E-state index in [9.17, 15) is 0 Å². The predicted molar refractivity (Wildman–Crippen MR) is 76.2 cm³/mol. The molecule has 0 radical (unpaired) electrons. The Morgan fingerprint density at radius 3 is 2.89 bits per heavy atom. The topological polar surface area (TPSA) is 62.1 Å². The third kappa shape index (κ3) is 4.49. The van der Waals surface area contributed by atoms with Gasteiger partial charge in [0.05, 0.1) is 6.17 Å². The minimum atomic E-state index is -0.105. The summed E-state index contributed by atoms with van der Waals surface area (Å²) in [6.45, 7) is 2.13. The first-order chi connectivity index (χ1) is 8.84. The maximum atomic E-state index is 6.00. The molecule has 2 atom stereocenters. The molecule has 0 bridgehead atoms. The van der Waals surface area contributed by atoms with Crippen LogP contribution in [0.2, 0.25) is 0 Å². The first kappa shape index (κ1) is 13.1. The summed E-state index contributed by atoms with van der Waals surface area (Å²) in [6, 6.07) is 10.5. The van der Waals surface area contributed by atoms with E-state index in [4.69, 9.17) is 5.73 Å². The standard InChI is InChI=1S/C14H22N4/c15-14(18-13-7-4-9-16-11-13)8-10-17-12-5-2-1-3-6-12/h1-3,5-6,8,10,13-14,16-18H,4,7,9,11,15H2/b10-8-. The van der Waals surface area contributed by atoms with Crippen LogP contribution in [-0.4, -0.2) is 25.3 Å². The molecule has 98 valence electrons. The molecular weight excluding hydrogens is 224 g/mol. The number of hydrogen-bond donors (Lipinski definition) is 4. The molecule has 0 aliphatic carbocycles. The highest BCUT2D eigenvalue weighted by atomic mass is 15.1. The van der Waals surface area contributed by atoms with Crippen LogP contribution < -0.4 is 21.7 Å². The Bertz CT molecular complexity index is 357. The van der Waals surface area contributed by atoms with Crippen LogP contribution in [0.4, 0.5) is 5.69 Å². The van der Waals surface area contributed by atoms with Crippen molar-refractivity contribution in [1.29, 1.82) is 0 Å². The number of para-hydroxylation sites is 1. The summed E-state index contributed by atoms with van der Waals surface area (Å²) in [7, 11) is 0. The molecule has 4 nitrogen and oxygen atoms in total. The number of hydrogen-bond acceptors (Lipinski definition) is 4. The average molecular weight is 246 g/mol. The molecule has 0 saturated carbocycles. The molecule has 0 spiro atoms. The van der Waals surface area contributed by atoms with Crippen molar-refractivity contribution in [3.8, 4) is 0 Å². The largest absolute Gasteiger partial charge is 0.362 e. The molecule has 1 heterocycles. The maximum Gasteiger partial charge on any atom is 0.0758 e. The van der Waals surface area contributed by atoms with Crippen LogP contribution in [-0.2, 0) is 0 Å². The molecule has 2 rings (SSSR count). The fourth-order valence-electron chi connectivity index (χ4n) is 2.10. The molecule has 0 amide bonds. The molecule has 4 heteroatoms. The summed E-state index contributed by atoms with van der Waals surface area (Å²) in [6.07, 6.45) is 6.15. The average Bonchev–Trinajstić information content (AvgIpc) is 2.41. The molecule has 1 aliphatic rings. The summed E-state index contributed by atoms with van der Waals surface area (Å²) in [5.41, 5.74) is 7.07. The summed E-state index contributed by atoms with van der Waals surface area (Å²) < 4.78 is 0. The lowest BCUT2D eigenvalue weighted by Gasteiger charge is -2.25. The monoisotopic (exact) mass is 246 g/mol. The zero-order valence-electron chi connectivity index (χ0n) is 10.6. The van der Waals surface area contributed by atoms with Gasteiger partial charge >= 0.3 is 0 Å². The van der Waals surface area contributed by atoms with Gasteiger partial charge in [0.2, 0.25) is 0 Å². The third-order valence-electron chi connectivity index (χ3n) is 3.05. The lowest BCUT2D eigenvalue weighted by molar-refractivity contribution is 0.373. The van der Waals surface area contributed by atoms with Crippen molar-refractivity contribution < 1.29 is 0 Å². The van der Waals surface area contributed by atoms with Crippen molar-refractivity contribution in [2.24, 2.45) is 5.73 Å². The summed E-state index contributed by atoms with van der Waals surface area (Å²) in [5, 5.41) is 9.95. The van der Waals surface area contributed by atoms with E-state index in [0.717, 1.165) is 18.8 Å². The van der Waals surface area contributed by atoms with E-state index in [1.54, 1.807) is 0 Å². The van der Waals surface area contributed by atoms with E-state index in [2.05, 4.69) is 16.0 Å². The van der Waals surface area contributed by atoms with Crippen LogP contribution in [0.5, 0.6) is 0 Å². The van der Waals surface area contributed by atoms with Crippen molar-refractivity contribution in [2.45, 2.75) is 25.0 Å². The van der Waals surface area contributed by atoms with Gasteiger partial charge < -0.3 is 16.4 Å². The Morgan fingerprint density at radius 2 is 2.17 bits per heavy atom. The summed E-state index contributed by atoms with van der Waals surface area (Å²) in [4.78, 5) is 0. The van der Waals surface area contributed by atoms with Crippen molar-refractivity contribution in [3.05, 3.63) is 42.6 Å². The second-order valence-electron chi connectivity index (χ2n) is 4.61. The molecule has 1 aromatic rings. The van der Waals surface area contributed by atoms with Crippen molar-refractivity contribution in [2.75, 3.05) is 18.4 Å². The SMILES string of the molecule is NC(/C=C\Nc1ccccc1)NC1CCCNC1. The van der Waals surface area contributed by atoms with Crippen molar-refractivity contribution in [1.82, 2.24) is 10.6 Å². The summed E-state index contributed by atoms with van der Waals surface area (Å²) in [5.74, 6) is 0. The zero-order chi connectivity index (χ0) is 12.6. The first-order valence-corrected chi connectivity index (χ1v) is 6.55. The van der Waals surface area contributed by atoms with Crippen LogP contribution in [0.25, 0.3) is 0 Å². The van der Waals surface area contributed by atoms with Gasteiger partial charge in [-0.25, -0.2) is 0 Å². The maximum absolute atomic E-state index is 6.00. The van der Waals surface area contributed by atoms with Gasteiger partial charge in [0.15, 0.2) is 0 Å². The van der Waals surface area contributed by atoms with Gasteiger partial charge in [0.25, 0.3) is 0 Å². The second-order valence-corrected chi connectivity index (χ2v) is 4.61. The van der Waals surface area contributed by atoms with Gasteiger partial charge in [-0.3, -0.25) is 5.32 Å². The van der Waals surface area contributed by atoms with E-state index in [1.807, 2.05) is 42.6 Å². The van der Waals surface area contributed by atoms with Crippen LogP contribution in [0.1, 0.15) is 12.8 Å². The van der Waals surface area contributed by atoms with Gasteiger partial charge in [-0.2, -0.15) is 0 Å². The quantitative estimate of drug-likeness (QED) is 0.590. The molecule has 1 aliphatic heterocycles. The number of rotatable bonds is 5. The fourth-order valence-corrected chi connectivity index (χ4v) is 2.10. The van der Waals surface area contributed by atoms with E-state index in [0.29, 0.717) is 6.04 Å². The molecule has 0 aromatic heterocycles. The fraction of sp³-hybridized carbons (Fsp3) is 0.429. The van der Waals surface area contributed by atoms with Crippen LogP contribution in [0.15, 0.2) is 42.6 Å². The number of anilines is 1. The Hall–Kier alpha value is -1.36. The van der Waals surface area contributed by atoms with E-state index in [-0.39, 0.29) is 6.17 Å². The van der Waals surface area contributed by atoms with Gasteiger partial charge in [0.1, 0.15) is 0 Å². The van der Waals surface area contributed by atoms with Gasteiger partial charge in [-0.1, -0.05) is 18.2 Å². The van der Waals surface area contributed by atoms with Crippen molar-refractivity contribution >= 4 is 5.69 Å². The lowest BCUT2D eigenvalue weighted by Crippen LogP contribution is -2.49. The molecule has 1 aromatic carbocycles. The lowest BCUT2D eigenvalue weighted by atomic mass is 10.1. The Morgan fingerprint density at radius 1 is 1.33 bits per heavy atom. The molecule has 5 N–H and O–H groups in total. The van der Waals surface area contributed by atoms with Crippen LogP contribution >= 0.6 is 0 Å². The predicted octanol–water partition coefficient (Wildman–Crippen LogP) is 1.24. The highest BCUT2D eigenvalue weighted by Crippen LogP contribution is 2.05. The zero-order valence-corrected chi connectivity index (χ0v) is 10.6. The molecule has 1 saturated heterocycles. The van der Waals surface area contributed by atoms with E-state index in [1.165, 1.54) is 12.8 Å². The van der Waals surface area contributed by atoms with Gasteiger partial charge in [0, 0.05) is 18.3 Å². The molecule has 1 fully saturated rings. The number of nitrogens with one attached hydrogen (secondary N) is 3. The second kappa shape index (κ2) is 7.16. The minimum Gasteiger partial charge on any atom is -0.362 e. The summed E-state index contributed by atoms with van der Waals surface area (Å²) >= 11 is 0. The Labute approximate surface area is 109 Å². The van der Waals surface area contributed by atoms with Gasteiger partial charge in [-0.05, 0) is 43.8 Å². The Balaban J connectivity index is 1.71.